The summed E-state index contributed by atoms with van der Waals surface area (Å²) in [7, 11) is 0. The Kier molecular flexibility index (Phi) is 3.83. The Labute approximate surface area is 122 Å². The molecule has 3 rings (SSSR count). The van der Waals surface area contributed by atoms with Crippen LogP contribution in [0.3, 0.4) is 0 Å². The van der Waals surface area contributed by atoms with Crippen LogP contribution in [0.2, 0.25) is 0 Å². The van der Waals surface area contributed by atoms with E-state index in [0.29, 0.717) is 0 Å². The molecule has 4 heteroatoms. The lowest BCUT2D eigenvalue weighted by atomic mass is 9.93. The fourth-order valence-corrected chi connectivity index (χ4v) is 3.30. The first-order valence-electron chi connectivity index (χ1n) is 6.79. The van der Waals surface area contributed by atoms with E-state index in [1.54, 1.807) is 18.0 Å². The van der Waals surface area contributed by atoms with Gasteiger partial charge in [0, 0.05) is 16.9 Å². The molecule has 2 aromatic rings. The van der Waals surface area contributed by atoms with Crippen LogP contribution in [0.1, 0.15) is 40.6 Å². The molecule has 1 aliphatic rings. The first-order valence-corrected chi connectivity index (χ1v) is 8.02. The highest BCUT2D eigenvalue weighted by Gasteiger charge is 2.24. The van der Waals surface area contributed by atoms with Crippen molar-refractivity contribution in [3.63, 3.8) is 0 Å². The van der Waals surface area contributed by atoms with Crippen molar-refractivity contribution < 1.29 is 9.21 Å². The van der Waals surface area contributed by atoms with E-state index in [1.165, 1.54) is 0 Å². The first kappa shape index (κ1) is 13.3. The molecule has 0 saturated carbocycles. The van der Waals surface area contributed by atoms with Crippen LogP contribution in [0.5, 0.6) is 0 Å². The highest BCUT2D eigenvalue weighted by atomic mass is 32.2. The highest BCUT2D eigenvalue weighted by Crippen LogP contribution is 2.31. The average molecular weight is 287 g/mol. The van der Waals surface area contributed by atoms with Crippen LogP contribution in [-0.2, 0) is 6.42 Å². The van der Waals surface area contributed by atoms with Gasteiger partial charge in [-0.1, -0.05) is 12.1 Å². The second-order valence-corrected chi connectivity index (χ2v) is 5.77. The summed E-state index contributed by atoms with van der Waals surface area (Å²) in [5.41, 5.74) is 1.88. The predicted molar refractivity (Wildman–Crippen MR) is 80.1 cm³/mol. The number of aryl methyl sites for hydroxylation is 1. The van der Waals surface area contributed by atoms with Gasteiger partial charge >= 0.3 is 0 Å². The topological polar surface area (TPSA) is 42.2 Å². The molecular weight excluding hydrogens is 270 g/mol. The van der Waals surface area contributed by atoms with Gasteiger partial charge in [-0.25, -0.2) is 0 Å². The molecule has 0 aliphatic heterocycles. The van der Waals surface area contributed by atoms with Gasteiger partial charge in [0.2, 0.25) is 0 Å². The lowest BCUT2D eigenvalue weighted by molar-refractivity contribution is 0.0929. The number of furan rings is 1. The van der Waals surface area contributed by atoms with Crippen LogP contribution < -0.4 is 5.32 Å². The molecule has 3 nitrogen and oxygen atoms in total. The predicted octanol–water partition coefficient (Wildman–Crippen LogP) is 3.81. The number of benzene rings is 1. The van der Waals surface area contributed by atoms with Crippen molar-refractivity contribution in [2.75, 3.05) is 6.26 Å². The standard InChI is InChI=1S/C16H17NO2S/c1-20-15-8-3-2-5-12(15)16(18)17-13-6-4-7-14-11(13)9-10-19-14/h2-3,5,8-10,13H,4,6-7H2,1H3,(H,17,18)/t13-/m1/s1. The smallest absolute Gasteiger partial charge is 0.252 e. The molecule has 0 radical (unpaired) electrons. The van der Waals surface area contributed by atoms with Crippen molar-refractivity contribution in [3.8, 4) is 0 Å². The molecule has 0 bridgehead atoms. The third-order valence-electron chi connectivity index (χ3n) is 3.71. The Balaban J connectivity index is 1.81. The van der Waals surface area contributed by atoms with Gasteiger partial charge in [0.05, 0.1) is 17.9 Å². The van der Waals surface area contributed by atoms with E-state index in [-0.39, 0.29) is 11.9 Å². The first-order chi connectivity index (χ1) is 9.79. The number of carbonyl (C=O) groups is 1. The molecule has 1 aliphatic carbocycles. The fraction of sp³-hybridized carbons (Fsp3) is 0.312. The molecule has 0 saturated heterocycles. The van der Waals surface area contributed by atoms with Gasteiger partial charge in [0.15, 0.2) is 0 Å². The van der Waals surface area contributed by atoms with E-state index in [0.717, 1.165) is 41.0 Å². The molecule has 1 aromatic carbocycles. The van der Waals surface area contributed by atoms with E-state index < -0.39 is 0 Å². The Morgan fingerprint density at radius 1 is 1.35 bits per heavy atom. The van der Waals surface area contributed by atoms with Gasteiger partial charge in [-0.15, -0.1) is 11.8 Å². The van der Waals surface area contributed by atoms with Gasteiger partial charge in [-0.3, -0.25) is 4.79 Å². The van der Waals surface area contributed by atoms with Gasteiger partial charge < -0.3 is 9.73 Å². The number of hydrogen-bond donors (Lipinski definition) is 1. The van der Waals surface area contributed by atoms with Crippen molar-refractivity contribution in [1.29, 1.82) is 0 Å². The average Bonchev–Trinajstić information content (AvgIpc) is 2.96. The molecular formula is C16H17NO2S. The lowest BCUT2D eigenvalue weighted by Gasteiger charge is -2.23. The van der Waals surface area contributed by atoms with Crippen LogP contribution in [-0.4, -0.2) is 12.2 Å². The summed E-state index contributed by atoms with van der Waals surface area (Å²) < 4.78 is 5.46. The van der Waals surface area contributed by atoms with E-state index in [9.17, 15) is 4.79 Å². The molecule has 20 heavy (non-hydrogen) atoms. The van der Waals surface area contributed by atoms with E-state index in [1.807, 2.05) is 36.6 Å². The second kappa shape index (κ2) is 5.75. The zero-order chi connectivity index (χ0) is 13.9. The number of hydrogen-bond acceptors (Lipinski definition) is 3. The largest absolute Gasteiger partial charge is 0.469 e. The Bertz CT molecular complexity index is 620. The van der Waals surface area contributed by atoms with Gasteiger partial charge in [-0.2, -0.15) is 0 Å². The van der Waals surface area contributed by atoms with E-state index >= 15 is 0 Å². The summed E-state index contributed by atoms with van der Waals surface area (Å²) >= 11 is 1.59. The quantitative estimate of drug-likeness (QED) is 0.873. The maximum absolute atomic E-state index is 12.5. The Hall–Kier alpha value is -1.68. The number of thioether (sulfide) groups is 1. The summed E-state index contributed by atoms with van der Waals surface area (Å²) in [6.07, 6.45) is 6.69. The van der Waals surface area contributed by atoms with Crippen LogP contribution >= 0.6 is 11.8 Å². The van der Waals surface area contributed by atoms with Crippen LogP contribution in [0, 0.1) is 0 Å². The lowest BCUT2D eigenvalue weighted by Crippen LogP contribution is -2.30. The second-order valence-electron chi connectivity index (χ2n) is 4.92. The van der Waals surface area contributed by atoms with Gasteiger partial charge in [-0.05, 0) is 37.3 Å². The third kappa shape index (κ3) is 2.48. The van der Waals surface area contributed by atoms with E-state index in [4.69, 9.17) is 4.42 Å². The van der Waals surface area contributed by atoms with Crippen LogP contribution in [0.25, 0.3) is 0 Å². The van der Waals surface area contributed by atoms with Crippen LogP contribution in [0.15, 0.2) is 45.9 Å². The SMILES string of the molecule is CSc1ccccc1C(=O)N[C@@H]1CCCc2occc21. The Morgan fingerprint density at radius 2 is 2.20 bits per heavy atom. The molecule has 0 unspecified atom stereocenters. The molecule has 104 valence electrons. The number of carbonyl (C=O) groups excluding carboxylic acids is 1. The molecule has 0 spiro atoms. The van der Waals surface area contributed by atoms with Crippen molar-refractivity contribution in [2.24, 2.45) is 0 Å². The highest BCUT2D eigenvalue weighted by molar-refractivity contribution is 7.98. The number of nitrogens with one attached hydrogen (secondary N) is 1. The monoisotopic (exact) mass is 287 g/mol. The summed E-state index contributed by atoms with van der Waals surface area (Å²) in [4.78, 5) is 13.5. The minimum atomic E-state index is -0.00556. The molecule has 0 fully saturated rings. The summed E-state index contributed by atoms with van der Waals surface area (Å²) in [6, 6.07) is 9.75. The van der Waals surface area contributed by atoms with Crippen molar-refractivity contribution in [3.05, 3.63) is 53.5 Å². The minimum Gasteiger partial charge on any atom is -0.469 e. The fourth-order valence-electron chi connectivity index (χ4n) is 2.70. The maximum Gasteiger partial charge on any atom is 0.252 e. The zero-order valence-electron chi connectivity index (χ0n) is 11.4. The number of rotatable bonds is 3. The van der Waals surface area contributed by atoms with Crippen molar-refractivity contribution in [2.45, 2.75) is 30.2 Å². The zero-order valence-corrected chi connectivity index (χ0v) is 12.2. The minimum absolute atomic E-state index is 0.00556. The normalized spacial score (nSPS) is 17.6. The molecule has 1 heterocycles. The number of amides is 1. The molecule has 1 aromatic heterocycles. The van der Waals surface area contributed by atoms with Crippen LogP contribution in [0.4, 0.5) is 0 Å². The Morgan fingerprint density at radius 3 is 3.05 bits per heavy atom. The van der Waals surface area contributed by atoms with Gasteiger partial charge in [0.1, 0.15) is 5.76 Å². The summed E-state index contributed by atoms with van der Waals surface area (Å²) in [6.45, 7) is 0. The molecule has 1 atom stereocenters. The third-order valence-corrected chi connectivity index (χ3v) is 4.50. The number of fused-ring (bicyclic) bond motifs is 1. The maximum atomic E-state index is 12.5. The van der Waals surface area contributed by atoms with Crippen molar-refractivity contribution in [1.82, 2.24) is 5.32 Å². The molecule has 1 N–H and O–H groups in total. The van der Waals surface area contributed by atoms with Crippen molar-refractivity contribution >= 4 is 17.7 Å². The summed E-state index contributed by atoms with van der Waals surface area (Å²) in [5.74, 6) is 1.01. The molecule has 1 amide bonds. The van der Waals surface area contributed by atoms with Gasteiger partial charge in [0.25, 0.3) is 5.91 Å². The summed E-state index contributed by atoms with van der Waals surface area (Å²) in [5, 5.41) is 3.14. The van der Waals surface area contributed by atoms with E-state index in [2.05, 4.69) is 5.32 Å².